The van der Waals surface area contributed by atoms with E-state index in [4.69, 9.17) is 5.73 Å². The fourth-order valence-corrected chi connectivity index (χ4v) is 2.67. The molecule has 2 nitrogen and oxygen atoms in total. The summed E-state index contributed by atoms with van der Waals surface area (Å²) in [5, 5.41) is 0. The summed E-state index contributed by atoms with van der Waals surface area (Å²) < 4.78 is 1.05. The summed E-state index contributed by atoms with van der Waals surface area (Å²) in [6, 6.07) is 6.16. The number of hydrogen-bond donors (Lipinski definition) is 1. The first kappa shape index (κ1) is 11.8. The molecule has 2 unspecified atom stereocenters. The van der Waals surface area contributed by atoms with Crippen LogP contribution in [0.2, 0.25) is 0 Å². The van der Waals surface area contributed by atoms with Gasteiger partial charge in [-0.25, -0.2) is 0 Å². The number of benzene rings is 1. The zero-order chi connectivity index (χ0) is 11.7. The Labute approximate surface area is 106 Å². The van der Waals surface area contributed by atoms with Crippen molar-refractivity contribution in [2.45, 2.75) is 20.3 Å². The molecule has 1 aromatic carbocycles. The van der Waals surface area contributed by atoms with Crippen molar-refractivity contribution in [1.29, 1.82) is 0 Å². The first-order valence-corrected chi connectivity index (χ1v) is 6.67. The lowest BCUT2D eigenvalue weighted by Gasteiger charge is -2.37. The summed E-state index contributed by atoms with van der Waals surface area (Å²) in [5.74, 6) is 1.57. The number of halogens is 1. The molecule has 1 fully saturated rings. The number of nitrogens with two attached hydrogens (primary N) is 1. The van der Waals surface area contributed by atoms with E-state index in [0.717, 1.165) is 35.1 Å². The van der Waals surface area contributed by atoms with E-state index in [1.165, 1.54) is 12.1 Å². The lowest BCUT2D eigenvalue weighted by molar-refractivity contribution is 0.324. The van der Waals surface area contributed by atoms with E-state index in [2.05, 4.69) is 46.8 Å². The van der Waals surface area contributed by atoms with E-state index >= 15 is 0 Å². The van der Waals surface area contributed by atoms with E-state index in [0.29, 0.717) is 0 Å². The molecule has 88 valence electrons. The number of hydrogen-bond acceptors (Lipinski definition) is 2. The van der Waals surface area contributed by atoms with Crippen molar-refractivity contribution in [2.24, 2.45) is 11.8 Å². The summed E-state index contributed by atoms with van der Waals surface area (Å²) in [7, 11) is 0. The molecule has 1 aliphatic heterocycles. The highest BCUT2D eigenvalue weighted by Gasteiger charge is 2.23. The number of piperidine rings is 1. The Kier molecular flexibility index (Phi) is 3.43. The van der Waals surface area contributed by atoms with Crippen LogP contribution in [0.3, 0.4) is 0 Å². The molecule has 3 heteroatoms. The fourth-order valence-electron chi connectivity index (χ4n) is 2.30. The van der Waals surface area contributed by atoms with Gasteiger partial charge < -0.3 is 10.6 Å². The molecular formula is C13H19BrN2. The highest BCUT2D eigenvalue weighted by Crippen LogP contribution is 2.31. The van der Waals surface area contributed by atoms with Gasteiger partial charge in [0.1, 0.15) is 0 Å². The fraction of sp³-hybridized carbons (Fsp3) is 0.538. The average Bonchev–Trinajstić information content (AvgIpc) is 2.22. The van der Waals surface area contributed by atoms with E-state index in [9.17, 15) is 0 Å². The highest BCUT2D eigenvalue weighted by atomic mass is 79.9. The molecule has 2 N–H and O–H groups in total. The first-order chi connectivity index (χ1) is 7.58. The van der Waals surface area contributed by atoms with Gasteiger partial charge in [-0.3, -0.25) is 0 Å². The molecular weight excluding hydrogens is 264 g/mol. The van der Waals surface area contributed by atoms with E-state index < -0.39 is 0 Å². The molecule has 0 spiro atoms. The van der Waals surface area contributed by atoms with Crippen LogP contribution in [0.15, 0.2) is 22.7 Å². The molecule has 1 aliphatic rings. The van der Waals surface area contributed by atoms with Crippen LogP contribution >= 0.6 is 15.9 Å². The van der Waals surface area contributed by atoms with Crippen LogP contribution in [0.1, 0.15) is 20.3 Å². The van der Waals surface area contributed by atoms with Gasteiger partial charge in [0, 0.05) is 17.6 Å². The summed E-state index contributed by atoms with van der Waals surface area (Å²) in [6.45, 7) is 6.91. The van der Waals surface area contributed by atoms with Crippen LogP contribution in [-0.4, -0.2) is 13.1 Å². The zero-order valence-corrected chi connectivity index (χ0v) is 11.5. The monoisotopic (exact) mass is 282 g/mol. The average molecular weight is 283 g/mol. The van der Waals surface area contributed by atoms with E-state index in [-0.39, 0.29) is 0 Å². The quantitative estimate of drug-likeness (QED) is 0.799. The third-order valence-corrected chi connectivity index (χ3v) is 4.16. The van der Waals surface area contributed by atoms with Gasteiger partial charge in [-0.15, -0.1) is 0 Å². The van der Waals surface area contributed by atoms with Gasteiger partial charge in [-0.05, 0) is 36.5 Å². The normalized spacial score (nSPS) is 25.8. The Morgan fingerprint density at radius 3 is 2.69 bits per heavy atom. The number of rotatable bonds is 1. The van der Waals surface area contributed by atoms with Crippen LogP contribution in [-0.2, 0) is 0 Å². The first-order valence-electron chi connectivity index (χ1n) is 5.88. The van der Waals surface area contributed by atoms with Crippen LogP contribution in [0.25, 0.3) is 0 Å². The van der Waals surface area contributed by atoms with Gasteiger partial charge in [0.2, 0.25) is 0 Å². The van der Waals surface area contributed by atoms with Crippen LogP contribution in [0.5, 0.6) is 0 Å². The molecule has 1 aromatic rings. The molecule has 0 aliphatic carbocycles. The molecule has 1 heterocycles. The maximum absolute atomic E-state index is 6.06. The molecule has 0 aromatic heterocycles. The predicted molar refractivity (Wildman–Crippen MR) is 73.7 cm³/mol. The van der Waals surface area contributed by atoms with Crippen molar-refractivity contribution in [3.05, 3.63) is 22.7 Å². The summed E-state index contributed by atoms with van der Waals surface area (Å²) in [5.41, 5.74) is 8.11. The minimum atomic E-state index is 0.747. The molecule has 0 radical (unpaired) electrons. The molecule has 0 amide bonds. The second-order valence-electron chi connectivity index (χ2n) is 4.89. The second kappa shape index (κ2) is 4.66. The number of anilines is 2. The van der Waals surface area contributed by atoms with Gasteiger partial charge in [0.05, 0.1) is 11.4 Å². The van der Waals surface area contributed by atoms with Gasteiger partial charge in [0.15, 0.2) is 0 Å². The summed E-state index contributed by atoms with van der Waals surface area (Å²) in [4.78, 5) is 2.41. The van der Waals surface area contributed by atoms with Crippen molar-refractivity contribution in [2.75, 3.05) is 23.7 Å². The highest BCUT2D eigenvalue weighted by molar-refractivity contribution is 9.10. The Morgan fingerprint density at radius 1 is 1.31 bits per heavy atom. The lowest BCUT2D eigenvalue weighted by atomic mass is 9.88. The van der Waals surface area contributed by atoms with Crippen LogP contribution in [0.4, 0.5) is 11.4 Å². The topological polar surface area (TPSA) is 29.3 Å². The van der Waals surface area contributed by atoms with Gasteiger partial charge >= 0.3 is 0 Å². The van der Waals surface area contributed by atoms with Crippen molar-refractivity contribution in [1.82, 2.24) is 0 Å². The van der Waals surface area contributed by atoms with Crippen LogP contribution < -0.4 is 10.6 Å². The van der Waals surface area contributed by atoms with Crippen molar-refractivity contribution >= 4 is 27.3 Å². The van der Waals surface area contributed by atoms with Crippen molar-refractivity contribution < 1.29 is 0 Å². The molecule has 16 heavy (non-hydrogen) atoms. The standard InChI is InChI=1S/C13H19BrN2/c1-9-5-6-16(8-10(9)2)13-4-3-11(14)7-12(13)15/h3-4,7,9-10H,5-6,8,15H2,1-2H3. The number of nitrogens with zero attached hydrogens (tertiary/aromatic N) is 1. The molecule has 0 saturated carbocycles. The van der Waals surface area contributed by atoms with Gasteiger partial charge in [0.25, 0.3) is 0 Å². The molecule has 0 bridgehead atoms. The van der Waals surface area contributed by atoms with Crippen molar-refractivity contribution in [3.8, 4) is 0 Å². The van der Waals surface area contributed by atoms with Crippen molar-refractivity contribution in [3.63, 3.8) is 0 Å². The SMILES string of the molecule is CC1CCN(c2ccc(Br)cc2N)CC1C. The number of nitrogen functional groups attached to an aromatic ring is 1. The Balaban J connectivity index is 2.18. The maximum atomic E-state index is 6.06. The summed E-state index contributed by atoms with van der Waals surface area (Å²) in [6.07, 6.45) is 1.26. The third kappa shape index (κ3) is 2.34. The summed E-state index contributed by atoms with van der Waals surface area (Å²) >= 11 is 3.44. The Morgan fingerprint density at radius 2 is 2.06 bits per heavy atom. The third-order valence-electron chi connectivity index (χ3n) is 3.66. The molecule has 2 atom stereocenters. The second-order valence-corrected chi connectivity index (χ2v) is 5.81. The minimum Gasteiger partial charge on any atom is -0.397 e. The van der Waals surface area contributed by atoms with Crippen LogP contribution in [0, 0.1) is 11.8 Å². The van der Waals surface area contributed by atoms with Gasteiger partial charge in [-0.2, -0.15) is 0 Å². The maximum Gasteiger partial charge on any atom is 0.0600 e. The lowest BCUT2D eigenvalue weighted by Crippen LogP contribution is -2.38. The molecule has 2 rings (SSSR count). The zero-order valence-electron chi connectivity index (χ0n) is 9.91. The predicted octanol–water partition coefficient (Wildman–Crippen LogP) is 3.51. The minimum absolute atomic E-state index is 0.747. The van der Waals surface area contributed by atoms with Gasteiger partial charge in [-0.1, -0.05) is 29.8 Å². The largest absolute Gasteiger partial charge is 0.397 e. The smallest absolute Gasteiger partial charge is 0.0600 e. The van der Waals surface area contributed by atoms with E-state index in [1.807, 2.05) is 6.07 Å². The Bertz CT molecular complexity index is 378. The van der Waals surface area contributed by atoms with E-state index in [1.54, 1.807) is 0 Å². The Hall–Kier alpha value is -0.700. The molecule has 1 saturated heterocycles.